The number of benzene rings is 1. The molecule has 0 amide bonds. The molecule has 1 aromatic carbocycles. The van der Waals surface area contributed by atoms with Crippen molar-refractivity contribution in [1.29, 1.82) is 0 Å². The number of aryl methyl sites for hydroxylation is 1. The molecule has 2 aromatic rings. The predicted octanol–water partition coefficient (Wildman–Crippen LogP) is 2.36. The Kier molecular flexibility index (Phi) is 3.00. The molecule has 0 radical (unpaired) electrons. The summed E-state index contributed by atoms with van der Waals surface area (Å²) in [5.74, 6) is -0.162. The lowest BCUT2D eigenvalue weighted by Gasteiger charge is -1.91. The van der Waals surface area contributed by atoms with Gasteiger partial charge in [0.25, 0.3) is 0 Å². The minimum Gasteiger partial charge on any atom is -0.481 e. The maximum absolute atomic E-state index is 10.4. The number of nitrogens with zero attached hydrogens (tertiary/aromatic N) is 1. The third kappa shape index (κ3) is 2.48. The van der Waals surface area contributed by atoms with Crippen molar-refractivity contribution in [2.24, 2.45) is 0 Å². The van der Waals surface area contributed by atoms with Crippen LogP contribution in [0.25, 0.3) is 11.3 Å². The fourth-order valence-corrected chi connectivity index (χ4v) is 1.40. The highest BCUT2D eigenvalue weighted by Crippen LogP contribution is 2.20. The van der Waals surface area contributed by atoms with Gasteiger partial charge in [-0.05, 0) is 0 Å². The Balaban J connectivity index is 2.11. The molecule has 0 saturated carbocycles. The highest BCUT2D eigenvalue weighted by atomic mass is 16.5. The smallest absolute Gasteiger partial charge is 0.303 e. The summed E-state index contributed by atoms with van der Waals surface area (Å²) >= 11 is 0. The zero-order chi connectivity index (χ0) is 11.4. The van der Waals surface area contributed by atoms with Crippen LogP contribution in [0.1, 0.15) is 12.1 Å². The van der Waals surface area contributed by atoms with Crippen molar-refractivity contribution < 1.29 is 14.4 Å². The Morgan fingerprint density at radius 3 is 2.75 bits per heavy atom. The van der Waals surface area contributed by atoms with Crippen LogP contribution in [-0.4, -0.2) is 16.2 Å². The van der Waals surface area contributed by atoms with Crippen molar-refractivity contribution >= 4 is 5.97 Å². The van der Waals surface area contributed by atoms with E-state index in [0.29, 0.717) is 17.9 Å². The molecule has 0 fully saturated rings. The number of aromatic nitrogens is 1. The largest absolute Gasteiger partial charge is 0.481 e. The Morgan fingerprint density at radius 1 is 1.31 bits per heavy atom. The van der Waals surface area contributed by atoms with Gasteiger partial charge in [-0.2, -0.15) is 0 Å². The van der Waals surface area contributed by atoms with Crippen molar-refractivity contribution in [2.45, 2.75) is 12.8 Å². The lowest BCUT2D eigenvalue weighted by atomic mass is 10.1. The highest BCUT2D eigenvalue weighted by Gasteiger charge is 2.07. The second-order valence-corrected chi connectivity index (χ2v) is 3.44. The number of carboxylic acids is 1. The second-order valence-electron chi connectivity index (χ2n) is 3.44. The molecule has 1 heterocycles. The molecule has 1 N–H and O–H groups in total. The van der Waals surface area contributed by atoms with Gasteiger partial charge in [0, 0.05) is 18.1 Å². The first-order valence-corrected chi connectivity index (χ1v) is 4.98. The van der Waals surface area contributed by atoms with E-state index < -0.39 is 5.97 Å². The van der Waals surface area contributed by atoms with Gasteiger partial charge in [0.1, 0.15) is 0 Å². The maximum Gasteiger partial charge on any atom is 0.303 e. The lowest BCUT2D eigenvalue weighted by Crippen LogP contribution is -1.97. The van der Waals surface area contributed by atoms with Crippen LogP contribution in [0.3, 0.4) is 0 Å². The van der Waals surface area contributed by atoms with Crippen LogP contribution in [0.5, 0.6) is 0 Å². The summed E-state index contributed by atoms with van der Waals surface area (Å²) in [7, 11) is 0. The van der Waals surface area contributed by atoms with Gasteiger partial charge in [0.05, 0.1) is 12.1 Å². The van der Waals surface area contributed by atoms with Crippen LogP contribution < -0.4 is 0 Å². The number of hydrogen-bond donors (Lipinski definition) is 1. The molecular weight excluding hydrogens is 206 g/mol. The fraction of sp³-hybridized carbons (Fsp3) is 0.167. The molecule has 0 spiro atoms. The van der Waals surface area contributed by atoms with Crippen LogP contribution in [0.15, 0.2) is 40.9 Å². The summed E-state index contributed by atoms with van der Waals surface area (Å²) < 4.78 is 5.14. The van der Waals surface area contributed by atoms with Crippen LogP contribution in [0.4, 0.5) is 0 Å². The number of aliphatic carboxylic acids is 1. The summed E-state index contributed by atoms with van der Waals surface area (Å²) in [6, 6.07) is 11.4. The van der Waals surface area contributed by atoms with E-state index in [1.165, 1.54) is 0 Å². The molecule has 82 valence electrons. The third-order valence-corrected chi connectivity index (χ3v) is 2.21. The monoisotopic (exact) mass is 217 g/mol. The Morgan fingerprint density at radius 2 is 2.06 bits per heavy atom. The molecule has 0 aliphatic carbocycles. The molecule has 0 unspecified atom stereocenters. The first-order chi connectivity index (χ1) is 7.75. The van der Waals surface area contributed by atoms with Gasteiger partial charge in [-0.25, -0.2) is 0 Å². The molecule has 0 aliphatic heterocycles. The SMILES string of the molecule is O=C(O)CCc1cc(-c2ccccc2)on1. The Bertz CT molecular complexity index is 476. The third-order valence-electron chi connectivity index (χ3n) is 2.21. The van der Waals surface area contributed by atoms with Crippen molar-refractivity contribution in [3.05, 3.63) is 42.1 Å². The highest BCUT2D eigenvalue weighted by molar-refractivity contribution is 5.67. The summed E-state index contributed by atoms with van der Waals surface area (Å²) in [6.45, 7) is 0. The zero-order valence-electron chi connectivity index (χ0n) is 8.59. The van der Waals surface area contributed by atoms with Crippen LogP contribution in [0.2, 0.25) is 0 Å². The first kappa shape index (κ1) is 10.4. The minimum absolute atomic E-state index is 0.0702. The summed E-state index contributed by atoms with van der Waals surface area (Å²) in [6.07, 6.45) is 0.465. The molecular formula is C12H11NO3. The summed E-state index contributed by atoms with van der Waals surface area (Å²) in [4.78, 5) is 10.4. The van der Waals surface area contributed by atoms with Crippen molar-refractivity contribution in [3.8, 4) is 11.3 Å². The Labute approximate surface area is 92.5 Å². The first-order valence-electron chi connectivity index (χ1n) is 4.98. The van der Waals surface area contributed by atoms with Gasteiger partial charge >= 0.3 is 5.97 Å². The fourth-order valence-electron chi connectivity index (χ4n) is 1.40. The number of hydrogen-bond acceptors (Lipinski definition) is 3. The molecule has 0 atom stereocenters. The molecule has 2 rings (SSSR count). The van der Waals surface area contributed by atoms with E-state index in [2.05, 4.69) is 5.16 Å². The number of rotatable bonds is 4. The topological polar surface area (TPSA) is 63.3 Å². The van der Waals surface area contributed by atoms with Gasteiger partial charge in [-0.15, -0.1) is 0 Å². The average Bonchev–Trinajstić information content (AvgIpc) is 2.76. The van der Waals surface area contributed by atoms with Gasteiger partial charge in [-0.1, -0.05) is 35.5 Å². The summed E-state index contributed by atoms with van der Waals surface area (Å²) in [5.41, 5.74) is 1.61. The normalized spacial score (nSPS) is 10.2. The van der Waals surface area contributed by atoms with Gasteiger partial charge in [-0.3, -0.25) is 4.79 Å². The van der Waals surface area contributed by atoms with E-state index >= 15 is 0 Å². The van der Waals surface area contributed by atoms with E-state index in [1.807, 2.05) is 30.3 Å². The van der Waals surface area contributed by atoms with Crippen LogP contribution in [0, 0.1) is 0 Å². The maximum atomic E-state index is 10.4. The molecule has 4 nitrogen and oxygen atoms in total. The number of carboxylic acid groups (broad SMARTS) is 1. The second kappa shape index (κ2) is 4.61. The van der Waals surface area contributed by atoms with Crippen molar-refractivity contribution in [3.63, 3.8) is 0 Å². The molecule has 0 bridgehead atoms. The van der Waals surface area contributed by atoms with E-state index in [4.69, 9.17) is 9.63 Å². The van der Waals surface area contributed by atoms with Crippen molar-refractivity contribution in [2.75, 3.05) is 0 Å². The molecule has 0 saturated heterocycles. The van der Waals surface area contributed by atoms with Crippen molar-refractivity contribution in [1.82, 2.24) is 5.16 Å². The zero-order valence-corrected chi connectivity index (χ0v) is 8.59. The molecule has 4 heteroatoms. The lowest BCUT2D eigenvalue weighted by molar-refractivity contribution is -0.136. The van der Waals surface area contributed by atoms with E-state index in [-0.39, 0.29) is 6.42 Å². The van der Waals surface area contributed by atoms with E-state index in [9.17, 15) is 4.79 Å². The Hall–Kier alpha value is -2.10. The average molecular weight is 217 g/mol. The van der Waals surface area contributed by atoms with Crippen LogP contribution >= 0.6 is 0 Å². The van der Waals surface area contributed by atoms with E-state index in [0.717, 1.165) is 5.56 Å². The minimum atomic E-state index is -0.829. The molecule has 16 heavy (non-hydrogen) atoms. The number of carbonyl (C=O) groups is 1. The quantitative estimate of drug-likeness (QED) is 0.853. The van der Waals surface area contributed by atoms with E-state index in [1.54, 1.807) is 6.07 Å². The molecule has 0 aliphatic rings. The van der Waals surface area contributed by atoms with Gasteiger partial charge < -0.3 is 9.63 Å². The van der Waals surface area contributed by atoms with Gasteiger partial charge in [0.2, 0.25) is 0 Å². The predicted molar refractivity (Wildman–Crippen MR) is 57.9 cm³/mol. The summed E-state index contributed by atoms with van der Waals surface area (Å²) in [5, 5.41) is 12.4. The van der Waals surface area contributed by atoms with Crippen LogP contribution in [-0.2, 0) is 11.2 Å². The van der Waals surface area contributed by atoms with Gasteiger partial charge in [0.15, 0.2) is 5.76 Å². The standard InChI is InChI=1S/C12H11NO3/c14-12(15)7-6-10-8-11(16-13-10)9-4-2-1-3-5-9/h1-5,8H,6-7H2,(H,14,15). The molecule has 1 aromatic heterocycles.